The second-order valence-electron chi connectivity index (χ2n) is 3.80. The van der Waals surface area contributed by atoms with Gasteiger partial charge in [-0.15, -0.1) is 0 Å². The predicted molar refractivity (Wildman–Crippen MR) is 53.3 cm³/mol. The lowest BCUT2D eigenvalue weighted by Gasteiger charge is -2.17. The van der Waals surface area contributed by atoms with Crippen LogP contribution in [0.4, 0.5) is 0 Å². The van der Waals surface area contributed by atoms with Gasteiger partial charge in [0.15, 0.2) is 5.78 Å². The number of rotatable bonds is 6. The van der Waals surface area contributed by atoms with Gasteiger partial charge >= 0.3 is 0 Å². The molecule has 0 aliphatic carbocycles. The van der Waals surface area contributed by atoms with Gasteiger partial charge in [-0.1, -0.05) is 13.8 Å². The first kappa shape index (κ1) is 12.6. The summed E-state index contributed by atoms with van der Waals surface area (Å²) in [6.45, 7) is 7.52. The van der Waals surface area contributed by atoms with Gasteiger partial charge in [0.1, 0.15) is 0 Å². The van der Waals surface area contributed by atoms with E-state index in [1.165, 1.54) is 0 Å². The summed E-state index contributed by atoms with van der Waals surface area (Å²) < 4.78 is 0. The highest BCUT2D eigenvalue weighted by Crippen LogP contribution is 2.07. The molecule has 0 aromatic heterocycles. The molecule has 1 radical (unpaired) electrons. The summed E-state index contributed by atoms with van der Waals surface area (Å²) in [5.74, 6) is 0.516. The van der Waals surface area contributed by atoms with Crippen LogP contribution in [-0.4, -0.2) is 30.1 Å². The third kappa shape index (κ3) is 5.77. The zero-order valence-electron chi connectivity index (χ0n) is 8.71. The van der Waals surface area contributed by atoms with E-state index < -0.39 is 6.10 Å². The van der Waals surface area contributed by atoms with Gasteiger partial charge in [0.05, 0.1) is 12.1 Å². The summed E-state index contributed by atoms with van der Waals surface area (Å²) in [6.07, 6.45) is 0.163. The van der Waals surface area contributed by atoms with Gasteiger partial charge in [0, 0.05) is 6.42 Å². The molecule has 2 atom stereocenters. The topological polar surface area (TPSA) is 49.3 Å². The summed E-state index contributed by atoms with van der Waals surface area (Å²) in [5.41, 5.74) is 0. The Labute approximate surface area is 80.5 Å². The summed E-state index contributed by atoms with van der Waals surface area (Å²) in [6, 6.07) is -0.142. The molecule has 3 heteroatoms. The number of likely N-dealkylation sites (N-methyl/N-ethyl adjacent to an activating group) is 1. The number of ketones is 1. The quantitative estimate of drug-likeness (QED) is 0.644. The summed E-state index contributed by atoms with van der Waals surface area (Å²) in [7, 11) is 1.76. The predicted octanol–water partition coefficient (Wildman–Crippen LogP) is 0.775. The van der Waals surface area contributed by atoms with Crippen molar-refractivity contribution in [3.8, 4) is 0 Å². The Hall–Kier alpha value is -0.410. The number of aliphatic hydroxyl groups is 1. The van der Waals surface area contributed by atoms with E-state index in [4.69, 9.17) is 5.11 Å². The Bertz CT molecular complexity index is 155. The fourth-order valence-electron chi connectivity index (χ4n) is 1.26. The van der Waals surface area contributed by atoms with Gasteiger partial charge in [-0.2, -0.15) is 0 Å². The molecule has 0 aromatic rings. The van der Waals surface area contributed by atoms with E-state index in [9.17, 15) is 4.79 Å². The maximum Gasteiger partial charge on any atom is 0.152 e. The lowest BCUT2D eigenvalue weighted by atomic mass is 9.97. The van der Waals surface area contributed by atoms with Crippen LogP contribution in [0.2, 0.25) is 0 Å². The van der Waals surface area contributed by atoms with Gasteiger partial charge in [-0.05, 0) is 26.3 Å². The molecule has 0 spiro atoms. The van der Waals surface area contributed by atoms with Crippen molar-refractivity contribution in [3.05, 3.63) is 6.92 Å². The van der Waals surface area contributed by atoms with Crippen LogP contribution in [0, 0.1) is 12.8 Å². The normalized spacial score (nSPS) is 15.8. The monoisotopic (exact) mass is 186 g/mol. The third-order valence-electron chi connectivity index (χ3n) is 1.88. The zero-order valence-corrected chi connectivity index (χ0v) is 8.71. The Morgan fingerprint density at radius 1 is 1.54 bits per heavy atom. The molecule has 2 N–H and O–H groups in total. The minimum Gasteiger partial charge on any atom is -0.393 e. The molecule has 0 fully saturated rings. The smallest absolute Gasteiger partial charge is 0.152 e. The maximum atomic E-state index is 11.5. The number of nitrogens with one attached hydrogen (secondary N) is 1. The number of carbonyl (C=O) groups excluding carboxylic acids is 1. The Morgan fingerprint density at radius 3 is 2.38 bits per heavy atom. The molecule has 3 nitrogen and oxygen atoms in total. The minimum absolute atomic E-state index is 0.0405. The lowest BCUT2D eigenvalue weighted by molar-refractivity contribution is -0.122. The van der Waals surface area contributed by atoms with E-state index in [1.54, 1.807) is 7.05 Å². The van der Waals surface area contributed by atoms with E-state index in [0.29, 0.717) is 5.92 Å². The highest BCUT2D eigenvalue weighted by atomic mass is 16.3. The number of Topliss-reactive ketones (excluding diaryl/α,β-unsaturated/α-hetero) is 1. The molecule has 0 aliphatic heterocycles. The van der Waals surface area contributed by atoms with Gasteiger partial charge < -0.3 is 10.4 Å². The first-order valence-electron chi connectivity index (χ1n) is 4.68. The molecule has 1 unspecified atom stereocenters. The largest absolute Gasteiger partial charge is 0.393 e. The van der Waals surface area contributed by atoms with Crippen molar-refractivity contribution in [3.63, 3.8) is 0 Å². The molecule has 0 aliphatic rings. The van der Waals surface area contributed by atoms with E-state index in [0.717, 1.165) is 6.42 Å². The molecule has 0 bridgehead atoms. The Balaban J connectivity index is 3.99. The maximum absolute atomic E-state index is 11.5. The van der Waals surface area contributed by atoms with Crippen LogP contribution in [0.3, 0.4) is 0 Å². The highest BCUT2D eigenvalue weighted by Gasteiger charge is 2.18. The number of hydrogen-bond donors (Lipinski definition) is 2. The first-order chi connectivity index (χ1) is 5.97. The van der Waals surface area contributed by atoms with Crippen LogP contribution in [0.15, 0.2) is 0 Å². The van der Waals surface area contributed by atoms with E-state index >= 15 is 0 Å². The molecule has 0 heterocycles. The average molecular weight is 186 g/mol. The number of aliphatic hydroxyl groups excluding tert-OH is 1. The molecule has 0 saturated carbocycles. The van der Waals surface area contributed by atoms with Gasteiger partial charge in [-0.3, -0.25) is 4.79 Å². The van der Waals surface area contributed by atoms with Crippen molar-refractivity contribution < 1.29 is 9.90 Å². The standard InChI is InChI=1S/C10H20NO2/c1-7(2)5-9(11-4)10(13)6-8(3)12/h7-9,11-12H,3,5-6H2,1-2,4H3/t8?,9-/m0/s1. The molecule has 0 saturated heterocycles. The second kappa shape index (κ2) is 6.11. The van der Waals surface area contributed by atoms with Crippen LogP contribution in [0.1, 0.15) is 26.7 Å². The molecular weight excluding hydrogens is 166 g/mol. The van der Waals surface area contributed by atoms with Crippen molar-refractivity contribution in [2.75, 3.05) is 7.05 Å². The van der Waals surface area contributed by atoms with Crippen LogP contribution < -0.4 is 5.32 Å². The van der Waals surface area contributed by atoms with Crippen LogP contribution in [0.5, 0.6) is 0 Å². The van der Waals surface area contributed by atoms with Crippen molar-refractivity contribution >= 4 is 5.78 Å². The number of carbonyl (C=O) groups is 1. The van der Waals surface area contributed by atoms with Crippen LogP contribution in [0.25, 0.3) is 0 Å². The Kier molecular flexibility index (Phi) is 5.91. The highest BCUT2D eigenvalue weighted by molar-refractivity contribution is 5.84. The SMILES string of the molecule is [CH2]C(O)CC(=O)[C@H](CC(C)C)NC. The Morgan fingerprint density at radius 2 is 2.08 bits per heavy atom. The van der Waals surface area contributed by atoms with Gasteiger partial charge in [-0.25, -0.2) is 0 Å². The van der Waals surface area contributed by atoms with Gasteiger partial charge in [0.25, 0.3) is 0 Å². The summed E-state index contributed by atoms with van der Waals surface area (Å²) >= 11 is 0. The van der Waals surface area contributed by atoms with E-state index in [2.05, 4.69) is 26.1 Å². The van der Waals surface area contributed by atoms with Gasteiger partial charge in [0.2, 0.25) is 0 Å². The lowest BCUT2D eigenvalue weighted by Crippen LogP contribution is -2.36. The molecule has 13 heavy (non-hydrogen) atoms. The minimum atomic E-state index is -0.782. The van der Waals surface area contributed by atoms with Crippen LogP contribution >= 0.6 is 0 Å². The van der Waals surface area contributed by atoms with Crippen molar-refractivity contribution in [2.45, 2.75) is 38.8 Å². The number of hydrogen-bond acceptors (Lipinski definition) is 3. The molecule has 0 aromatic carbocycles. The van der Waals surface area contributed by atoms with Crippen LogP contribution in [-0.2, 0) is 4.79 Å². The molecule has 0 amide bonds. The summed E-state index contributed by atoms with van der Waals surface area (Å²) in [4.78, 5) is 11.5. The second-order valence-corrected chi connectivity index (χ2v) is 3.80. The van der Waals surface area contributed by atoms with Crippen molar-refractivity contribution in [2.24, 2.45) is 5.92 Å². The fourth-order valence-corrected chi connectivity index (χ4v) is 1.26. The first-order valence-corrected chi connectivity index (χ1v) is 4.68. The zero-order chi connectivity index (χ0) is 10.4. The summed E-state index contributed by atoms with van der Waals surface area (Å²) in [5, 5.41) is 11.9. The molecule has 0 rings (SSSR count). The van der Waals surface area contributed by atoms with Crippen molar-refractivity contribution in [1.29, 1.82) is 0 Å². The fraction of sp³-hybridized carbons (Fsp3) is 0.800. The van der Waals surface area contributed by atoms with E-state index in [-0.39, 0.29) is 18.2 Å². The molecule has 77 valence electrons. The van der Waals surface area contributed by atoms with Crippen molar-refractivity contribution in [1.82, 2.24) is 5.32 Å². The average Bonchev–Trinajstić information content (AvgIpc) is 1.98. The molecular formula is C10H20NO2. The third-order valence-corrected chi connectivity index (χ3v) is 1.88. The van der Waals surface area contributed by atoms with E-state index in [1.807, 2.05) is 0 Å².